The molecule has 0 spiro atoms. The Kier molecular flexibility index (Phi) is 10.7. The van der Waals surface area contributed by atoms with Crippen molar-refractivity contribution in [3.8, 4) is 22.8 Å². The molecule has 6 rings (SSSR count). The second kappa shape index (κ2) is 15.9. The molecule has 5 aromatic rings. The number of benzene rings is 3. The summed E-state index contributed by atoms with van der Waals surface area (Å²) in [6, 6.07) is 20.7. The number of carbonyl (C=O) groups is 3. The molecule has 262 valence electrons. The maximum Gasteiger partial charge on any atom is 0.280 e. The number of nitrogens with zero attached hydrogens (tertiary/aromatic N) is 5. The fourth-order valence-corrected chi connectivity index (χ4v) is 5.71. The number of rotatable bonds is 14. The number of carbonyl (C=O) groups excluding carboxylic acids is 3. The van der Waals surface area contributed by atoms with E-state index in [0.29, 0.717) is 79.0 Å². The molecule has 3 amide bonds. The fraction of sp³-hybridized carbons (Fsp3) is 0.278. The fourth-order valence-electron chi connectivity index (χ4n) is 5.71. The van der Waals surface area contributed by atoms with E-state index in [1.165, 1.54) is 0 Å². The quantitative estimate of drug-likeness (QED) is 0.0839. The van der Waals surface area contributed by atoms with E-state index in [-0.39, 0.29) is 36.2 Å². The second-order valence-electron chi connectivity index (χ2n) is 12.1. The molecule has 51 heavy (non-hydrogen) atoms. The number of nitrogens with two attached hydrogens (primary N) is 1. The average molecular weight is 692 g/mol. The molecular weight excluding hydrogens is 654 g/mol. The van der Waals surface area contributed by atoms with Crippen LogP contribution in [0.3, 0.4) is 0 Å². The number of aromatic hydroxyl groups is 1. The van der Waals surface area contributed by atoms with E-state index in [0.717, 1.165) is 15.8 Å². The Labute approximate surface area is 292 Å². The number of imide groups is 1. The van der Waals surface area contributed by atoms with Gasteiger partial charge < -0.3 is 26.2 Å². The van der Waals surface area contributed by atoms with E-state index in [4.69, 9.17) is 10.5 Å². The first-order valence-corrected chi connectivity index (χ1v) is 16.6. The van der Waals surface area contributed by atoms with Gasteiger partial charge in [-0.25, -0.2) is 0 Å². The van der Waals surface area contributed by atoms with Crippen molar-refractivity contribution in [2.45, 2.75) is 51.1 Å². The maximum atomic E-state index is 13.3. The number of amides is 3. The van der Waals surface area contributed by atoms with Crippen molar-refractivity contribution in [1.29, 1.82) is 0 Å². The highest BCUT2D eigenvalue weighted by Gasteiger charge is 2.30. The maximum absolute atomic E-state index is 13.3. The molecule has 15 heteroatoms. The van der Waals surface area contributed by atoms with Gasteiger partial charge in [0.25, 0.3) is 11.5 Å². The summed E-state index contributed by atoms with van der Waals surface area (Å²) in [5, 5.41) is 35.0. The number of aromatic nitrogens is 5. The molecule has 1 fully saturated rings. The normalized spacial score (nSPS) is 14.2. The van der Waals surface area contributed by atoms with Crippen LogP contribution in [0.15, 0.2) is 77.6 Å². The van der Waals surface area contributed by atoms with Crippen LogP contribution in [-0.2, 0) is 27.3 Å². The largest absolute Gasteiger partial charge is 0.507 e. The lowest BCUT2D eigenvalue weighted by Crippen LogP contribution is -2.45. The summed E-state index contributed by atoms with van der Waals surface area (Å²) in [4.78, 5) is 49.7. The highest BCUT2D eigenvalue weighted by Crippen LogP contribution is 2.30. The van der Waals surface area contributed by atoms with Crippen molar-refractivity contribution in [3.63, 3.8) is 0 Å². The molecule has 1 atom stereocenters. The summed E-state index contributed by atoms with van der Waals surface area (Å²) in [6.07, 6.45) is 2.57. The van der Waals surface area contributed by atoms with Crippen LogP contribution >= 0.6 is 0 Å². The number of unbranched alkanes of at least 4 members (excludes halogenated alkanes) is 1. The number of piperidine rings is 1. The molecule has 0 saturated carbocycles. The van der Waals surface area contributed by atoms with Crippen LogP contribution in [0.4, 0.5) is 11.5 Å². The molecule has 0 radical (unpaired) electrons. The Morgan fingerprint density at radius 1 is 0.980 bits per heavy atom. The van der Waals surface area contributed by atoms with Gasteiger partial charge in [-0.3, -0.25) is 24.5 Å². The van der Waals surface area contributed by atoms with E-state index in [1.807, 2.05) is 24.3 Å². The topological polar surface area (TPSA) is 216 Å². The van der Waals surface area contributed by atoms with Crippen LogP contribution in [0.2, 0.25) is 0 Å². The van der Waals surface area contributed by atoms with Crippen molar-refractivity contribution >= 4 is 40.1 Å². The number of anilines is 2. The van der Waals surface area contributed by atoms with Crippen LogP contribution in [0.1, 0.15) is 49.3 Å². The number of nitrogens with one attached hydrogen (secondary N) is 3. The van der Waals surface area contributed by atoms with Crippen LogP contribution < -0.4 is 32.0 Å². The van der Waals surface area contributed by atoms with Gasteiger partial charge in [-0.2, -0.15) is 4.68 Å². The lowest BCUT2D eigenvalue weighted by Gasteiger charge is -2.21. The van der Waals surface area contributed by atoms with Gasteiger partial charge in [0.2, 0.25) is 11.8 Å². The average Bonchev–Trinajstić information content (AvgIpc) is 3.13. The highest BCUT2D eigenvalue weighted by molar-refractivity contribution is 5.99. The van der Waals surface area contributed by atoms with Crippen molar-refractivity contribution in [2.24, 2.45) is 0 Å². The first kappa shape index (κ1) is 34.5. The van der Waals surface area contributed by atoms with Crippen LogP contribution in [0, 0.1) is 0 Å². The lowest BCUT2D eigenvalue weighted by atomic mass is 10.1. The van der Waals surface area contributed by atoms with E-state index in [1.54, 1.807) is 48.5 Å². The molecule has 15 nitrogen and oxygen atoms in total. The third-order valence-corrected chi connectivity index (χ3v) is 8.49. The summed E-state index contributed by atoms with van der Waals surface area (Å²) in [5.74, 6) is -0.375. The van der Waals surface area contributed by atoms with Crippen molar-refractivity contribution in [3.05, 3.63) is 94.3 Å². The number of phenolic OH excluding ortho intramolecular Hbond substituents is 1. The molecule has 1 aliphatic heterocycles. The zero-order valence-corrected chi connectivity index (χ0v) is 27.7. The number of nitrogen functional groups attached to an aromatic ring is 1. The predicted molar refractivity (Wildman–Crippen MR) is 189 cm³/mol. The smallest absolute Gasteiger partial charge is 0.280 e. The molecule has 0 aliphatic carbocycles. The Morgan fingerprint density at radius 3 is 2.59 bits per heavy atom. The second-order valence-corrected chi connectivity index (χ2v) is 12.1. The Hall–Kier alpha value is -6.38. The number of phenols is 1. The minimum absolute atomic E-state index is 0.0632. The Morgan fingerprint density at radius 2 is 1.78 bits per heavy atom. The zero-order chi connectivity index (χ0) is 35.7. The van der Waals surface area contributed by atoms with Crippen LogP contribution in [0.25, 0.3) is 22.2 Å². The number of para-hydroxylation sites is 1. The van der Waals surface area contributed by atoms with Crippen molar-refractivity contribution < 1.29 is 24.2 Å². The lowest BCUT2D eigenvalue weighted by molar-refractivity contribution is -0.136. The first-order chi connectivity index (χ1) is 24.8. The number of fused-ring (bicyclic) bond motifs is 1. The van der Waals surface area contributed by atoms with Gasteiger partial charge in [-0.05, 0) is 54.7 Å². The number of hydrogen-bond donors (Lipinski definition) is 5. The van der Waals surface area contributed by atoms with Gasteiger partial charge in [0, 0.05) is 49.7 Å². The molecule has 3 aromatic carbocycles. The third kappa shape index (κ3) is 8.44. The van der Waals surface area contributed by atoms with Gasteiger partial charge >= 0.3 is 0 Å². The molecule has 1 saturated heterocycles. The summed E-state index contributed by atoms with van der Waals surface area (Å²) in [7, 11) is 0. The molecule has 6 N–H and O–H groups in total. The van der Waals surface area contributed by atoms with Crippen molar-refractivity contribution in [1.82, 2.24) is 35.8 Å². The summed E-state index contributed by atoms with van der Waals surface area (Å²) in [6.45, 7) is 1.27. The van der Waals surface area contributed by atoms with E-state index in [9.17, 15) is 24.3 Å². The van der Waals surface area contributed by atoms with Crippen LogP contribution in [0.5, 0.6) is 11.5 Å². The minimum Gasteiger partial charge on any atom is -0.507 e. The zero-order valence-electron chi connectivity index (χ0n) is 27.7. The predicted octanol–water partition coefficient (Wildman–Crippen LogP) is 3.03. The number of hydrogen-bond acceptors (Lipinski definition) is 12. The molecule has 1 aliphatic rings. The monoisotopic (exact) mass is 691 g/mol. The summed E-state index contributed by atoms with van der Waals surface area (Å²) >= 11 is 0. The molecule has 3 heterocycles. The highest BCUT2D eigenvalue weighted by atomic mass is 16.5. The van der Waals surface area contributed by atoms with Gasteiger partial charge in [-0.1, -0.05) is 47.7 Å². The molecule has 2 aromatic heterocycles. The minimum atomic E-state index is -0.903. The van der Waals surface area contributed by atoms with Gasteiger partial charge in [0.05, 0.1) is 12.0 Å². The van der Waals surface area contributed by atoms with E-state index >= 15 is 0 Å². The summed E-state index contributed by atoms with van der Waals surface area (Å²) < 4.78 is 6.91. The van der Waals surface area contributed by atoms with Crippen LogP contribution in [-0.4, -0.2) is 61.2 Å². The molecule has 0 bridgehead atoms. The van der Waals surface area contributed by atoms with Gasteiger partial charge in [-0.15, -0.1) is 15.3 Å². The van der Waals surface area contributed by atoms with E-state index < -0.39 is 17.5 Å². The third-order valence-electron chi connectivity index (χ3n) is 8.49. The SMILES string of the molecule is Nc1nnc(-c2ccccc2O)cc1OCCc1ccc(CNC(=O)CCCCNc2cccc3nnn(C4CCC(=O)NC4=O)c(=O)c23)cc1. The molecular formula is C36H37N9O6. The number of ether oxygens (including phenoxy) is 1. The molecule has 1 unspecified atom stereocenters. The van der Waals surface area contributed by atoms with Crippen molar-refractivity contribution in [2.75, 3.05) is 24.2 Å². The van der Waals surface area contributed by atoms with Gasteiger partial charge in [0.1, 0.15) is 23.0 Å². The van der Waals surface area contributed by atoms with E-state index in [2.05, 4.69) is 36.5 Å². The Bertz CT molecular complexity index is 2120. The standard InChI is InChI=1S/C36H37N9O6/c37-34-30(20-27(41-43-34)24-6-1-2-9-29(24)46)51-19-17-22-11-13-23(14-12-22)21-39-31(47)10-3-4-18-38-25-7-5-8-26-33(25)36(50)45(44-42-26)28-15-16-32(48)40-35(28)49/h1-2,5-9,11-14,20,28,38,46H,3-4,10,15-19,21H2,(H2,37,43)(H,39,47)(H,40,48,49). The Balaban J connectivity index is 0.921. The summed E-state index contributed by atoms with van der Waals surface area (Å²) in [5.41, 5.74) is 9.44. The van der Waals surface area contributed by atoms with Gasteiger partial charge in [0.15, 0.2) is 11.6 Å². The first-order valence-electron chi connectivity index (χ1n) is 16.6.